The van der Waals surface area contributed by atoms with Gasteiger partial charge in [-0.3, -0.25) is 4.79 Å². The van der Waals surface area contributed by atoms with Crippen LogP contribution >= 0.6 is 0 Å². The molecular weight excluding hydrogens is 174 g/mol. The normalized spacial score (nSPS) is 15.2. The number of carbonyl (C=O) groups is 1. The van der Waals surface area contributed by atoms with Gasteiger partial charge >= 0.3 is 5.97 Å². The van der Waals surface area contributed by atoms with Crippen molar-refractivity contribution in [3.63, 3.8) is 0 Å². The molecule has 0 aromatic carbocycles. The third-order valence-corrected chi connectivity index (χ3v) is 1.83. The lowest BCUT2D eigenvalue weighted by molar-refractivity contribution is -0.139. The van der Waals surface area contributed by atoms with Crippen LogP contribution in [0.4, 0.5) is 0 Å². The van der Waals surface area contributed by atoms with E-state index in [2.05, 4.69) is 9.97 Å². The summed E-state index contributed by atoms with van der Waals surface area (Å²) in [5.74, 6) is -1.78. The molecule has 0 radical (unpaired) electrons. The van der Waals surface area contributed by atoms with Crippen molar-refractivity contribution < 1.29 is 15.0 Å². The number of aromatic nitrogens is 2. The highest BCUT2D eigenvalue weighted by Crippen LogP contribution is 2.14. The number of nitrogens with two attached hydrogens (primary N) is 1. The average molecular weight is 185 g/mol. The Kier molecular flexibility index (Phi) is 2.99. The summed E-state index contributed by atoms with van der Waals surface area (Å²) < 4.78 is 0. The van der Waals surface area contributed by atoms with Crippen LogP contribution in [-0.4, -0.2) is 38.8 Å². The molecule has 1 aromatic rings. The van der Waals surface area contributed by atoms with E-state index in [0.29, 0.717) is 5.69 Å². The Balaban J connectivity index is 2.79. The fourth-order valence-corrected chi connectivity index (χ4v) is 1.05. The van der Waals surface area contributed by atoms with Gasteiger partial charge in [-0.15, -0.1) is 0 Å². The largest absolute Gasteiger partial charge is 0.480 e. The van der Waals surface area contributed by atoms with Gasteiger partial charge in [0.25, 0.3) is 0 Å². The molecule has 0 saturated heterocycles. The van der Waals surface area contributed by atoms with E-state index in [-0.39, 0.29) is 6.61 Å². The van der Waals surface area contributed by atoms with Gasteiger partial charge in [0, 0.05) is 17.8 Å². The zero-order valence-electron chi connectivity index (χ0n) is 6.84. The third-order valence-electron chi connectivity index (χ3n) is 1.83. The number of carboxylic acids is 1. The summed E-state index contributed by atoms with van der Waals surface area (Å²) in [7, 11) is 0. The number of carboxylic acid groups (broad SMARTS) is 1. The summed E-state index contributed by atoms with van der Waals surface area (Å²) in [5, 5.41) is 17.5. The maximum atomic E-state index is 10.5. The van der Waals surface area contributed by atoms with E-state index in [1.54, 1.807) is 0 Å². The van der Waals surface area contributed by atoms with Gasteiger partial charge in [-0.25, -0.2) is 4.98 Å². The fraction of sp³-hybridized carbons (Fsp3) is 0.429. The van der Waals surface area contributed by atoms with Crippen molar-refractivity contribution in [2.45, 2.75) is 12.0 Å². The highest BCUT2D eigenvalue weighted by Gasteiger charge is 2.25. The van der Waals surface area contributed by atoms with Crippen molar-refractivity contribution in [2.75, 3.05) is 6.61 Å². The van der Waals surface area contributed by atoms with E-state index in [4.69, 9.17) is 15.9 Å². The molecule has 0 spiro atoms. The molecule has 0 aliphatic rings. The Bertz CT molecular complexity index is 273. The highest BCUT2D eigenvalue weighted by atomic mass is 16.4. The van der Waals surface area contributed by atoms with Crippen LogP contribution < -0.4 is 5.73 Å². The molecule has 0 aliphatic carbocycles. The average Bonchev–Trinajstić information content (AvgIpc) is 2.58. The zero-order valence-corrected chi connectivity index (χ0v) is 6.84. The maximum absolute atomic E-state index is 10.5. The second-order valence-corrected chi connectivity index (χ2v) is 2.66. The minimum atomic E-state index is -1.14. The summed E-state index contributed by atoms with van der Waals surface area (Å²) >= 11 is 0. The first-order chi connectivity index (χ1) is 6.16. The molecule has 0 saturated carbocycles. The summed E-state index contributed by atoms with van der Waals surface area (Å²) in [4.78, 5) is 17.0. The van der Waals surface area contributed by atoms with E-state index >= 15 is 0 Å². The number of hydrogen-bond acceptors (Lipinski definition) is 4. The molecule has 13 heavy (non-hydrogen) atoms. The SMILES string of the molecule is N[C@H](C(=O)O)C(CO)c1cnc[nH]1. The number of H-pyrrole nitrogens is 1. The Morgan fingerprint density at radius 3 is 2.85 bits per heavy atom. The monoisotopic (exact) mass is 185 g/mol. The molecule has 1 aromatic heterocycles. The van der Waals surface area contributed by atoms with Gasteiger partial charge in [0.2, 0.25) is 0 Å². The van der Waals surface area contributed by atoms with E-state index in [9.17, 15) is 4.79 Å². The minimum Gasteiger partial charge on any atom is -0.480 e. The van der Waals surface area contributed by atoms with Crippen molar-refractivity contribution in [3.05, 3.63) is 18.2 Å². The zero-order chi connectivity index (χ0) is 9.84. The van der Waals surface area contributed by atoms with Crippen LogP contribution in [0.1, 0.15) is 11.6 Å². The first kappa shape index (κ1) is 9.69. The molecule has 1 rings (SSSR count). The molecule has 0 amide bonds. The van der Waals surface area contributed by atoms with Crippen molar-refractivity contribution in [1.82, 2.24) is 9.97 Å². The molecular formula is C7H11N3O3. The first-order valence-corrected chi connectivity index (χ1v) is 3.74. The highest BCUT2D eigenvalue weighted by molar-refractivity contribution is 5.74. The van der Waals surface area contributed by atoms with Gasteiger partial charge in [0.15, 0.2) is 0 Å². The Morgan fingerprint density at radius 1 is 1.77 bits per heavy atom. The first-order valence-electron chi connectivity index (χ1n) is 3.74. The van der Waals surface area contributed by atoms with Crippen LogP contribution in [0.25, 0.3) is 0 Å². The second kappa shape index (κ2) is 4.01. The Hall–Kier alpha value is -1.40. The Labute approximate surface area is 74.4 Å². The molecule has 1 unspecified atom stereocenters. The van der Waals surface area contributed by atoms with Crippen molar-refractivity contribution >= 4 is 5.97 Å². The molecule has 5 N–H and O–H groups in total. The molecule has 6 heteroatoms. The smallest absolute Gasteiger partial charge is 0.321 e. The van der Waals surface area contributed by atoms with Crippen LogP contribution in [0.3, 0.4) is 0 Å². The Morgan fingerprint density at radius 2 is 2.46 bits per heavy atom. The van der Waals surface area contributed by atoms with Gasteiger partial charge in [-0.1, -0.05) is 0 Å². The fourth-order valence-electron chi connectivity index (χ4n) is 1.05. The molecule has 2 atom stereocenters. The number of aliphatic hydroxyl groups is 1. The standard InChI is InChI=1S/C7H11N3O3/c8-6(7(12)13)4(2-11)5-1-9-3-10-5/h1,3-4,6,11H,2,8H2,(H,9,10)(H,12,13)/t4?,6-/m0/s1. The quantitative estimate of drug-likeness (QED) is 0.475. The molecule has 6 nitrogen and oxygen atoms in total. The lowest BCUT2D eigenvalue weighted by atomic mass is 9.98. The van der Waals surface area contributed by atoms with Crippen molar-refractivity contribution in [3.8, 4) is 0 Å². The number of nitrogens with zero attached hydrogens (tertiary/aromatic N) is 1. The van der Waals surface area contributed by atoms with Crippen LogP contribution in [0, 0.1) is 0 Å². The molecule has 72 valence electrons. The predicted molar refractivity (Wildman–Crippen MR) is 44.0 cm³/mol. The second-order valence-electron chi connectivity index (χ2n) is 2.66. The molecule has 1 heterocycles. The van der Waals surface area contributed by atoms with Crippen LogP contribution in [-0.2, 0) is 4.79 Å². The number of aliphatic carboxylic acids is 1. The van der Waals surface area contributed by atoms with E-state index < -0.39 is 17.9 Å². The number of nitrogens with one attached hydrogen (secondary N) is 1. The van der Waals surface area contributed by atoms with Crippen molar-refractivity contribution in [1.29, 1.82) is 0 Å². The summed E-state index contributed by atoms with van der Waals surface area (Å²) in [6, 6.07) is -1.12. The number of aromatic amines is 1. The lowest BCUT2D eigenvalue weighted by Crippen LogP contribution is -2.38. The lowest BCUT2D eigenvalue weighted by Gasteiger charge is -2.16. The van der Waals surface area contributed by atoms with Gasteiger partial charge < -0.3 is 20.9 Å². The third kappa shape index (κ3) is 2.04. The van der Waals surface area contributed by atoms with E-state index in [0.717, 1.165) is 0 Å². The van der Waals surface area contributed by atoms with Crippen LogP contribution in [0.2, 0.25) is 0 Å². The molecule has 0 bridgehead atoms. The number of rotatable bonds is 4. The number of hydrogen-bond donors (Lipinski definition) is 4. The van der Waals surface area contributed by atoms with E-state index in [1.165, 1.54) is 12.5 Å². The van der Waals surface area contributed by atoms with Gasteiger partial charge in [-0.05, 0) is 0 Å². The van der Waals surface area contributed by atoms with Crippen LogP contribution in [0.15, 0.2) is 12.5 Å². The topological polar surface area (TPSA) is 112 Å². The number of aliphatic hydroxyl groups excluding tert-OH is 1. The van der Waals surface area contributed by atoms with Gasteiger partial charge in [-0.2, -0.15) is 0 Å². The maximum Gasteiger partial charge on any atom is 0.321 e. The number of imidazole rings is 1. The summed E-state index contributed by atoms with van der Waals surface area (Å²) in [5.41, 5.74) is 5.88. The predicted octanol–water partition coefficient (Wildman–Crippen LogP) is -1.10. The van der Waals surface area contributed by atoms with E-state index in [1.807, 2.05) is 0 Å². The van der Waals surface area contributed by atoms with Gasteiger partial charge in [0.05, 0.1) is 12.9 Å². The van der Waals surface area contributed by atoms with Gasteiger partial charge in [0.1, 0.15) is 6.04 Å². The summed E-state index contributed by atoms with van der Waals surface area (Å²) in [6.07, 6.45) is 2.86. The molecule has 0 aliphatic heterocycles. The molecule has 0 fully saturated rings. The van der Waals surface area contributed by atoms with Crippen LogP contribution in [0.5, 0.6) is 0 Å². The van der Waals surface area contributed by atoms with Crippen molar-refractivity contribution in [2.24, 2.45) is 5.73 Å². The summed E-state index contributed by atoms with van der Waals surface area (Å²) in [6.45, 7) is -0.324. The minimum absolute atomic E-state index is 0.324.